The molecule has 2 unspecified atom stereocenters. The van der Waals surface area contributed by atoms with Gasteiger partial charge in [0.05, 0.1) is 4.90 Å². The molecule has 0 aliphatic carbocycles. The van der Waals surface area contributed by atoms with Crippen molar-refractivity contribution < 1.29 is 13.2 Å². The Morgan fingerprint density at radius 3 is 2.57 bits per heavy atom. The van der Waals surface area contributed by atoms with Gasteiger partial charge in [-0.1, -0.05) is 6.92 Å². The van der Waals surface area contributed by atoms with Crippen molar-refractivity contribution in [1.82, 2.24) is 10.6 Å². The molecular weight excluding hydrogens is 288 g/mol. The molecular formula is C15H22N2O3S. The Bertz CT molecular complexity index is 596. The number of carbonyl (C=O) groups excluding carboxylic acids is 1. The van der Waals surface area contributed by atoms with Gasteiger partial charge in [-0.15, -0.1) is 0 Å². The molecule has 1 aromatic rings. The number of rotatable bonds is 4. The fourth-order valence-electron chi connectivity index (χ4n) is 2.51. The third-order valence-electron chi connectivity index (χ3n) is 4.06. The molecule has 0 aromatic heterocycles. The van der Waals surface area contributed by atoms with Crippen molar-refractivity contribution >= 4 is 15.7 Å². The third kappa shape index (κ3) is 4.28. The first-order valence-electron chi connectivity index (χ1n) is 7.17. The highest BCUT2D eigenvalue weighted by atomic mass is 32.2. The lowest BCUT2D eigenvalue weighted by Gasteiger charge is -2.29. The summed E-state index contributed by atoms with van der Waals surface area (Å²) in [5.74, 6) is 0.880. The van der Waals surface area contributed by atoms with Gasteiger partial charge in [-0.25, -0.2) is 8.42 Å². The molecule has 116 valence electrons. The maximum atomic E-state index is 12.1. The molecule has 1 amide bonds. The van der Waals surface area contributed by atoms with Crippen molar-refractivity contribution in [3.8, 4) is 0 Å². The van der Waals surface area contributed by atoms with Gasteiger partial charge < -0.3 is 10.6 Å². The van der Waals surface area contributed by atoms with E-state index in [0.29, 0.717) is 23.9 Å². The highest BCUT2D eigenvalue weighted by Crippen LogP contribution is 2.17. The second kappa shape index (κ2) is 6.58. The maximum Gasteiger partial charge on any atom is 0.251 e. The van der Waals surface area contributed by atoms with Gasteiger partial charge in [-0.2, -0.15) is 0 Å². The molecule has 1 aromatic carbocycles. The van der Waals surface area contributed by atoms with Crippen LogP contribution in [-0.2, 0) is 9.84 Å². The zero-order valence-corrected chi connectivity index (χ0v) is 13.2. The average molecular weight is 310 g/mol. The summed E-state index contributed by atoms with van der Waals surface area (Å²) in [5, 5.41) is 6.26. The number of carbonyl (C=O) groups is 1. The fraction of sp³-hybridized carbons (Fsp3) is 0.533. The summed E-state index contributed by atoms with van der Waals surface area (Å²) < 4.78 is 22.7. The van der Waals surface area contributed by atoms with Crippen molar-refractivity contribution in [3.05, 3.63) is 29.8 Å². The second-order valence-electron chi connectivity index (χ2n) is 5.74. The smallest absolute Gasteiger partial charge is 0.251 e. The lowest BCUT2D eigenvalue weighted by Crippen LogP contribution is -2.42. The monoisotopic (exact) mass is 310 g/mol. The molecule has 1 aliphatic rings. The van der Waals surface area contributed by atoms with E-state index in [1.54, 1.807) is 12.1 Å². The van der Waals surface area contributed by atoms with Crippen LogP contribution >= 0.6 is 0 Å². The van der Waals surface area contributed by atoms with Crippen LogP contribution in [0.4, 0.5) is 0 Å². The fourth-order valence-corrected chi connectivity index (χ4v) is 3.14. The number of amides is 1. The molecule has 6 heteroatoms. The predicted octanol–water partition coefficient (Wildman–Crippen LogP) is 1.07. The van der Waals surface area contributed by atoms with Gasteiger partial charge in [-0.05, 0) is 55.6 Å². The van der Waals surface area contributed by atoms with Crippen LogP contribution in [-0.4, -0.2) is 40.2 Å². The number of piperidine rings is 1. The Kier molecular flexibility index (Phi) is 5.00. The van der Waals surface area contributed by atoms with Crippen molar-refractivity contribution in [2.24, 2.45) is 11.8 Å². The van der Waals surface area contributed by atoms with Crippen LogP contribution in [0.2, 0.25) is 0 Å². The normalized spacial score (nSPS) is 22.8. The van der Waals surface area contributed by atoms with E-state index in [9.17, 15) is 13.2 Å². The highest BCUT2D eigenvalue weighted by Gasteiger charge is 2.21. The van der Waals surface area contributed by atoms with Gasteiger partial charge >= 0.3 is 0 Å². The first-order valence-corrected chi connectivity index (χ1v) is 9.06. The molecule has 1 fully saturated rings. The van der Waals surface area contributed by atoms with Gasteiger partial charge in [0.2, 0.25) is 0 Å². The minimum Gasteiger partial charge on any atom is -0.352 e. The Morgan fingerprint density at radius 2 is 2.00 bits per heavy atom. The van der Waals surface area contributed by atoms with Gasteiger partial charge in [0, 0.05) is 18.4 Å². The zero-order chi connectivity index (χ0) is 15.5. The summed E-state index contributed by atoms with van der Waals surface area (Å²) >= 11 is 0. The molecule has 0 radical (unpaired) electrons. The van der Waals surface area contributed by atoms with Gasteiger partial charge in [-0.3, -0.25) is 4.79 Å². The summed E-state index contributed by atoms with van der Waals surface area (Å²) in [6.45, 7) is 4.81. The Labute approximate surface area is 126 Å². The Morgan fingerprint density at radius 1 is 1.33 bits per heavy atom. The van der Waals surface area contributed by atoms with Crippen molar-refractivity contribution in [3.63, 3.8) is 0 Å². The molecule has 5 nitrogen and oxygen atoms in total. The molecule has 0 spiro atoms. The SMILES string of the molecule is CC1CCNCC1CNC(=O)c1ccc(S(C)(=O)=O)cc1. The summed E-state index contributed by atoms with van der Waals surface area (Å²) in [5.41, 5.74) is 0.485. The summed E-state index contributed by atoms with van der Waals surface area (Å²) in [6, 6.07) is 6.03. The molecule has 1 heterocycles. The van der Waals surface area contributed by atoms with Crippen LogP contribution in [0.15, 0.2) is 29.2 Å². The standard InChI is InChI=1S/C15H22N2O3S/c1-11-7-8-16-9-13(11)10-17-15(18)12-3-5-14(6-4-12)21(2,19)20/h3-6,11,13,16H,7-10H2,1-2H3,(H,17,18). The summed E-state index contributed by atoms with van der Waals surface area (Å²) in [6.07, 6.45) is 2.28. The zero-order valence-electron chi connectivity index (χ0n) is 12.4. The molecule has 2 N–H and O–H groups in total. The van der Waals surface area contributed by atoms with Crippen molar-refractivity contribution in [2.45, 2.75) is 18.2 Å². The number of benzene rings is 1. The summed E-state index contributed by atoms with van der Waals surface area (Å²) in [7, 11) is -3.22. The number of sulfone groups is 1. The minimum atomic E-state index is -3.22. The molecule has 2 atom stereocenters. The molecule has 2 rings (SSSR count). The van der Waals surface area contributed by atoms with E-state index in [2.05, 4.69) is 17.6 Å². The molecule has 1 saturated heterocycles. The third-order valence-corrected chi connectivity index (χ3v) is 5.19. The van der Waals surface area contributed by atoms with E-state index in [4.69, 9.17) is 0 Å². The van der Waals surface area contributed by atoms with Gasteiger partial charge in [0.25, 0.3) is 5.91 Å². The van der Waals surface area contributed by atoms with E-state index in [-0.39, 0.29) is 10.8 Å². The molecule has 0 saturated carbocycles. The van der Waals surface area contributed by atoms with Gasteiger partial charge in [0.1, 0.15) is 0 Å². The number of hydrogen-bond acceptors (Lipinski definition) is 4. The second-order valence-corrected chi connectivity index (χ2v) is 7.75. The number of nitrogens with one attached hydrogen (secondary N) is 2. The first kappa shape index (κ1) is 16.0. The number of hydrogen-bond donors (Lipinski definition) is 2. The van der Waals surface area contributed by atoms with Crippen LogP contribution in [0.25, 0.3) is 0 Å². The van der Waals surface area contributed by atoms with Crippen LogP contribution in [0.3, 0.4) is 0 Å². The van der Waals surface area contributed by atoms with E-state index < -0.39 is 9.84 Å². The predicted molar refractivity (Wildman–Crippen MR) is 82.0 cm³/mol. The minimum absolute atomic E-state index is 0.159. The van der Waals surface area contributed by atoms with E-state index >= 15 is 0 Å². The Balaban J connectivity index is 1.94. The van der Waals surface area contributed by atoms with Crippen LogP contribution < -0.4 is 10.6 Å². The van der Waals surface area contributed by atoms with E-state index in [1.165, 1.54) is 12.1 Å². The van der Waals surface area contributed by atoms with E-state index in [0.717, 1.165) is 25.8 Å². The van der Waals surface area contributed by atoms with Crippen LogP contribution in [0.5, 0.6) is 0 Å². The lowest BCUT2D eigenvalue weighted by molar-refractivity contribution is 0.0938. The molecule has 1 aliphatic heterocycles. The maximum absolute atomic E-state index is 12.1. The first-order chi connectivity index (χ1) is 9.88. The Hall–Kier alpha value is -1.40. The quantitative estimate of drug-likeness (QED) is 0.872. The topological polar surface area (TPSA) is 75.3 Å². The van der Waals surface area contributed by atoms with Crippen LogP contribution in [0, 0.1) is 11.8 Å². The van der Waals surface area contributed by atoms with Crippen molar-refractivity contribution in [1.29, 1.82) is 0 Å². The molecule has 21 heavy (non-hydrogen) atoms. The lowest BCUT2D eigenvalue weighted by atomic mass is 9.88. The molecule has 0 bridgehead atoms. The highest BCUT2D eigenvalue weighted by molar-refractivity contribution is 7.90. The largest absolute Gasteiger partial charge is 0.352 e. The van der Waals surface area contributed by atoms with Crippen LogP contribution in [0.1, 0.15) is 23.7 Å². The van der Waals surface area contributed by atoms with E-state index in [1.807, 2.05) is 0 Å². The summed E-state index contributed by atoms with van der Waals surface area (Å²) in [4.78, 5) is 12.3. The van der Waals surface area contributed by atoms with Gasteiger partial charge in [0.15, 0.2) is 9.84 Å². The van der Waals surface area contributed by atoms with Crippen molar-refractivity contribution in [2.75, 3.05) is 25.9 Å². The average Bonchev–Trinajstić information content (AvgIpc) is 2.45.